The number of ether oxygens (including phenoxy) is 1. The van der Waals surface area contributed by atoms with Gasteiger partial charge in [-0.25, -0.2) is 0 Å². The maximum Gasteiger partial charge on any atom is 0.222 e. The number of rotatable bonds is 6. The van der Waals surface area contributed by atoms with Gasteiger partial charge in [0.25, 0.3) is 0 Å². The lowest BCUT2D eigenvalue weighted by Gasteiger charge is -2.17. The predicted molar refractivity (Wildman–Crippen MR) is 82.0 cm³/mol. The summed E-state index contributed by atoms with van der Waals surface area (Å²) >= 11 is 0. The number of aryl methyl sites for hydroxylation is 1. The van der Waals surface area contributed by atoms with Crippen LogP contribution in [0.5, 0.6) is 5.75 Å². The van der Waals surface area contributed by atoms with Crippen molar-refractivity contribution in [3.05, 3.63) is 59.9 Å². The fraction of sp³-hybridized carbons (Fsp3) is 0.294. The lowest BCUT2D eigenvalue weighted by molar-refractivity contribution is -0.130. The molecule has 2 rings (SSSR count). The zero-order chi connectivity index (χ0) is 15.1. The van der Waals surface area contributed by atoms with Crippen LogP contribution in [0.3, 0.4) is 0 Å². The molecular weight excluding hydrogens is 264 g/mol. The monoisotopic (exact) mass is 284 g/mol. The molecule has 1 aromatic carbocycles. The third-order valence-electron chi connectivity index (χ3n) is 3.33. The second-order valence-electron chi connectivity index (χ2n) is 4.96. The molecule has 1 amide bonds. The number of aromatic nitrogens is 1. The Morgan fingerprint density at radius 3 is 2.76 bits per heavy atom. The number of hydrogen-bond acceptors (Lipinski definition) is 3. The summed E-state index contributed by atoms with van der Waals surface area (Å²) in [6.07, 6.45) is 4.72. The minimum Gasteiger partial charge on any atom is -0.497 e. The van der Waals surface area contributed by atoms with Crippen molar-refractivity contribution >= 4 is 5.91 Å². The number of methoxy groups -OCH3 is 1. The maximum atomic E-state index is 12.1. The first-order valence-electron chi connectivity index (χ1n) is 6.95. The maximum absolute atomic E-state index is 12.1. The number of pyridine rings is 1. The Morgan fingerprint density at radius 2 is 2.05 bits per heavy atom. The van der Waals surface area contributed by atoms with Crippen LogP contribution in [0.2, 0.25) is 0 Å². The summed E-state index contributed by atoms with van der Waals surface area (Å²) in [6, 6.07) is 11.7. The van der Waals surface area contributed by atoms with Crippen molar-refractivity contribution in [1.29, 1.82) is 0 Å². The van der Waals surface area contributed by atoms with Crippen LogP contribution in [0, 0.1) is 0 Å². The van der Waals surface area contributed by atoms with Crippen LogP contribution < -0.4 is 4.74 Å². The molecule has 0 unspecified atom stereocenters. The summed E-state index contributed by atoms with van der Waals surface area (Å²) in [5, 5.41) is 0. The number of carbonyl (C=O) groups excluding carboxylic acids is 1. The molecule has 2 aromatic rings. The van der Waals surface area contributed by atoms with E-state index in [0.29, 0.717) is 19.4 Å². The molecule has 1 aromatic heterocycles. The third kappa shape index (κ3) is 4.60. The molecule has 0 aliphatic carbocycles. The summed E-state index contributed by atoms with van der Waals surface area (Å²) in [6.45, 7) is 0.588. The molecule has 0 fully saturated rings. The Bertz CT molecular complexity index is 584. The van der Waals surface area contributed by atoms with E-state index in [-0.39, 0.29) is 5.91 Å². The van der Waals surface area contributed by atoms with Gasteiger partial charge >= 0.3 is 0 Å². The largest absolute Gasteiger partial charge is 0.497 e. The second kappa shape index (κ2) is 7.43. The molecular formula is C17H20N2O2. The van der Waals surface area contributed by atoms with Crippen LogP contribution >= 0.6 is 0 Å². The molecule has 0 aliphatic rings. The molecule has 0 spiro atoms. The quantitative estimate of drug-likeness (QED) is 0.819. The minimum atomic E-state index is 0.127. The number of hydrogen-bond donors (Lipinski definition) is 0. The van der Waals surface area contributed by atoms with Crippen molar-refractivity contribution in [3.63, 3.8) is 0 Å². The zero-order valence-electron chi connectivity index (χ0n) is 12.5. The fourth-order valence-corrected chi connectivity index (χ4v) is 2.12. The van der Waals surface area contributed by atoms with Crippen LogP contribution in [0.25, 0.3) is 0 Å². The number of amides is 1. The Morgan fingerprint density at radius 1 is 1.24 bits per heavy atom. The van der Waals surface area contributed by atoms with E-state index in [2.05, 4.69) is 4.98 Å². The van der Waals surface area contributed by atoms with Gasteiger partial charge in [-0.05, 0) is 35.7 Å². The lowest BCUT2D eigenvalue weighted by Crippen LogP contribution is -2.26. The van der Waals surface area contributed by atoms with E-state index in [1.807, 2.05) is 43.4 Å². The van der Waals surface area contributed by atoms with E-state index >= 15 is 0 Å². The van der Waals surface area contributed by atoms with Crippen molar-refractivity contribution in [1.82, 2.24) is 9.88 Å². The van der Waals surface area contributed by atoms with Crippen LogP contribution in [0.4, 0.5) is 0 Å². The van der Waals surface area contributed by atoms with Gasteiger partial charge in [-0.15, -0.1) is 0 Å². The van der Waals surface area contributed by atoms with Gasteiger partial charge in [0.15, 0.2) is 0 Å². The van der Waals surface area contributed by atoms with Crippen molar-refractivity contribution in [3.8, 4) is 5.75 Å². The van der Waals surface area contributed by atoms with Crippen LogP contribution in [-0.2, 0) is 17.8 Å². The predicted octanol–water partition coefficient (Wildman–Crippen LogP) is 2.68. The van der Waals surface area contributed by atoms with Crippen molar-refractivity contribution in [2.24, 2.45) is 0 Å². The second-order valence-corrected chi connectivity index (χ2v) is 4.96. The normalized spacial score (nSPS) is 10.2. The van der Waals surface area contributed by atoms with E-state index in [1.165, 1.54) is 0 Å². The Kier molecular flexibility index (Phi) is 5.32. The molecule has 0 bridgehead atoms. The van der Waals surface area contributed by atoms with E-state index < -0.39 is 0 Å². The SMILES string of the molecule is COc1cccc(CCC(=O)N(C)Cc2cccnc2)c1. The minimum absolute atomic E-state index is 0.127. The Balaban J connectivity index is 1.86. The molecule has 0 radical (unpaired) electrons. The third-order valence-corrected chi connectivity index (χ3v) is 3.33. The molecule has 1 heterocycles. The highest BCUT2D eigenvalue weighted by atomic mass is 16.5. The Hall–Kier alpha value is -2.36. The molecule has 0 atom stereocenters. The number of benzene rings is 1. The summed E-state index contributed by atoms with van der Waals surface area (Å²) in [5.74, 6) is 0.949. The lowest BCUT2D eigenvalue weighted by atomic mass is 10.1. The molecule has 0 aliphatic heterocycles. The van der Waals surface area contributed by atoms with E-state index in [1.54, 1.807) is 24.4 Å². The molecule has 0 N–H and O–H groups in total. The summed E-state index contributed by atoms with van der Waals surface area (Å²) in [4.78, 5) is 17.9. The highest BCUT2D eigenvalue weighted by Gasteiger charge is 2.09. The first-order valence-corrected chi connectivity index (χ1v) is 6.95. The van der Waals surface area contributed by atoms with Gasteiger partial charge < -0.3 is 9.64 Å². The van der Waals surface area contributed by atoms with Crippen molar-refractivity contribution < 1.29 is 9.53 Å². The van der Waals surface area contributed by atoms with Crippen molar-refractivity contribution in [2.45, 2.75) is 19.4 Å². The van der Waals surface area contributed by atoms with Gasteiger partial charge in [-0.2, -0.15) is 0 Å². The van der Waals surface area contributed by atoms with E-state index in [0.717, 1.165) is 16.9 Å². The van der Waals surface area contributed by atoms with Gasteiger partial charge in [0.05, 0.1) is 7.11 Å². The summed E-state index contributed by atoms with van der Waals surface area (Å²) in [5.41, 5.74) is 2.15. The smallest absolute Gasteiger partial charge is 0.222 e. The molecule has 21 heavy (non-hydrogen) atoms. The first kappa shape index (κ1) is 15.0. The van der Waals surface area contributed by atoms with Crippen LogP contribution in [-0.4, -0.2) is 29.9 Å². The van der Waals surface area contributed by atoms with E-state index in [4.69, 9.17) is 4.74 Å². The standard InChI is InChI=1S/C17H20N2O2/c1-19(13-15-6-4-10-18-12-15)17(20)9-8-14-5-3-7-16(11-14)21-2/h3-7,10-12H,8-9,13H2,1-2H3. The van der Waals surface area contributed by atoms with Gasteiger partial charge in [0.2, 0.25) is 5.91 Å². The first-order chi connectivity index (χ1) is 10.2. The number of carbonyl (C=O) groups is 1. The molecule has 110 valence electrons. The average molecular weight is 284 g/mol. The number of nitrogens with zero attached hydrogens (tertiary/aromatic N) is 2. The van der Waals surface area contributed by atoms with Crippen molar-refractivity contribution in [2.75, 3.05) is 14.2 Å². The highest BCUT2D eigenvalue weighted by Crippen LogP contribution is 2.14. The van der Waals surface area contributed by atoms with Crippen LogP contribution in [0.1, 0.15) is 17.5 Å². The Labute approximate surface area is 125 Å². The van der Waals surface area contributed by atoms with Gasteiger partial charge in [-0.3, -0.25) is 9.78 Å². The topological polar surface area (TPSA) is 42.4 Å². The van der Waals surface area contributed by atoms with Gasteiger partial charge in [-0.1, -0.05) is 18.2 Å². The molecule has 4 heteroatoms. The van der Waals surface area contributed by atoms with Gasteiger partial charge in [0.1, 0.15) is 5.75 Å². The summed E-state index contributed by atoms with van der Waals surface area (Å²) < 4.78 is 5.19. The fourth-order valence-electron chi connectivity index (χ4n) is 2.12. The zero-order valence-corrected chi connectivity index (χ0v) is 12.5. The molecule has 0 saturated heterocycles. The molecule has 4 nitrogen and oxygen atoms in total. The average Bonchev–Trinajstić information content (AvgIpc) is 2.53. The summed E-state index contributed by atoms with van der Waals surface area (Å²) in [7, 11) is 3.47. The van der Waals surface area contributed by atoms with E-state index in [9.17, 15) is 4.79 Å². The molecule has 0 saturated carbocycles. The highest BCUT2D eigenvalue weighted by molar-refractivity contribution is 5.76. The van der Waals surface area contributed by atoms with Gasteiger partial charge in [0, 0.05) is 32.4 Å². The van der Waals surface area contributed by atoms with Crippen LogP contribution in [0.15, 0.2) is 48.8 Å².